The van der Waals surface area contributed by atoms with Crippen LogP contribution < -0.4 is 0 Å². The highest BCUT2D eigenvalue weighted by atomic mass is 16.6. The SMILES string of the molecule is CC(C)(C)C[C@@H]1[C@H](O)[C@@H](O)[C@H](CO)O[C@H]1O. The van der Waals surface area contributed by atoms with Gasteiger partial charge in [-0.25, -0.2) is 0 Å². The van der Waals surface area contributed by atoms with Crippen molar-refractivity contribution in [3.63, 3.8) is 0 Å². The molecule has 0 aromatic carbocycles. The van der Waals surface area contributed by atoms with E-state index in [9.17, 15) is 15.3 Å². The van der Waals surface area contributed by atoms with Crippen molar-refractivity contribution < 1.29 is 25.2 Å². The van der Waals surface area contributed by atoms with Crippen molar-refractivity contribution in [3.05, 3.63) is 0 Å². The van der Waals surface area contributed by atoms with Gasteiger partial charge in [0.05, 0.1) is 12.7 Å². The molecule has 0 bridgehead atoms. The number of hydrogen-bond donors (Lipinski definition) is 4. The first kappa shape index (κ1) is 13.9. The van der Waals surface area contributed by atoms with Gasteiger partial charge in [-0.05, 0) is 11.8 Å². The number of hydrogen-bond acceptors (Lipinski definition) is 5. The molecule has 0 spiro atoms. The third-order valence-electron chi connectivity index (χ3n) is 2.88. The zero-order valence-corrected chi connectivity index (χ0v) is 10.00. The van der Waals surface area contributed by atoms with E-state index in [1.165, 1.54) is 0 Å². The van der Waals surface area contributed by atoms with E-state index in [1.807, 2.05) is 20.8 Å². The summed E-state index contributed by atoms with van der Waals surface area (Å²) in [5.74, 6) is -0.530. The highest BCUT2D eigenvalue weighted by molar-refractivity contribution is 4.90. The van der Waals surface area contributed by atoms with Gasteiger partial charge in [-0.2, -0.15) is 0 Å². The Hall–Kier alpha value is -0.200. The summed E-state index contributed by atoms with van der Waals surface area (Å²) in [6.07, 6.45) is -3.75. The fraction of sp³-hybridized carbons (Fsp3) is 1.00. The third-order valence-corrected chi connectivity index (χ3v) is 2.88. The average molecular weight is 234 g/mol. The van der Waals surface area contributed by atoms with Gasteiger partial charge >= 0.3 is 0 Å². The molecule has 16 heavy (non-hydrogen) atoms. The molecule has 0 aromatic rings. The minimum Gasteiger partial charge on any atom is -0.394 e. The van der Waals surface area contributed by atoms with E-state index in [-0.39, 0.29) is 5.41 Å². The van der Waals surface area contributed by atoms with Crippen LogP contribution in [0.2, 0.25) is 0 Å². The zero-order chi connectivity index (χ0) is 12.5. The molecule has 1 aliphatic heterocycles. The quantitative estimate of drug-likeness (QED) is 0.516. The van der Waals surface area contributed by atoms with Crippen LogP contribution in [0.3, 0.4) is 0 Å². The summed E-state index contributed by atoms with van der Waals surface area (Å²) in [6, 6.07) is 0. The third kappa shape index (κ3) is 3.15. The lowest BCUT2D eigenvalue weighted by Gasteiger charge is -2.42. The maximum absolute atomic E-state index is 9.87. The average Bonchev–Trinajstić information content (AvgIpc) is 2.17. The summed E-state index contributed by atoms with van der Waals surface area (Å²) in [7, 11) is 0. The van der Waals surface area contributed by atoms with E-state index in [0.717, 1.165) is 0 Å². The standard InChI is InChI=1S/C11H22O5/c1-11(2,3)4-6-8(13)9(14)7(5-12)16-10(6)15/h6-10,12-15H,4-5H2,1-3H3/t6-,7+,8+,9+,10-/m1/s1. The van der Waals surface area contributed by atoms with Crippen LogP contribution in [-0.2, 0) is 4.74 Å². The first-order valence-electron chi connectivity index (χ1n) is 5.57. The van der Waals surface area contributed by atoms with Gasteiger partial charge in [-0.3, -0.25) is 0 Å². The minimum atomic E-state index is -1.15. The Morgan fingerprint density at radius 1 is 1.06 bits per heavy atom. The van der Waals surface area contributed by atoms with Crippen LogP contribution in [0.25, 0.3) is 0 Å². The van der Waals surface area contributed by atoms with E-state index < -0.39 is 37.1 Å². The second-order valence-electron chi connectivity index (χ2n) is 5.66. The molecule has 0 saturated carbocycles. The molecular formula is C11H22O5. The van der Waals surface area contributed by atoms with Crippen molar-refractivity contribution in [3.8, 4) is 0 Å². The monoisotopic (exact) mass is 234 g/mol. The first-order chi connectivity index (χ1) is 7.26. The maximum Gasteiger partial charge on any atom is 0.160 e. The van der Waals surface area contributed by atoms with Crippen LogP contribution >= 0.6 is 0 Å². The predicted molar refractivity (Wildman–Crippen MR) is 57.5 cm³/mol. The van der Waals surface area contributed by atoms with Gasteiger partial charge in [0, 0.05) is 5.92 Å². The van der Waals surface area contributed by atoms with Crippen molar-refractivity contribution >= 4 is 0 Å². The Morgan fingerprint density at radius 3 is 2.06 bits per heavy atom. The molecule has 0 amide bonds. The van der Waals surface area contributed by atoms with Crippen LogP contribution in [-0.4, -0.2) is 51.6 Å². The van der Waals surface area contributed by atoms with Crippen molar-refractivity contribution in [2.45, 2.75) is 51.8 Å². The lowest BCUT2D eigenvalue weighted by Crippen LogP contribution is -2.56. The van der Waals surface area contributed by atoms with Crippen molar-refractivity contribution in [1.29, 1.82) is 0 Å². The highest BCUT2D eigenvalue weighted by Gasteiger charge is 2.44. The largest absolute Gasteiger partial charge is 0.394 e. The van der Waals surface area contributed by atoms with Crippen LogP contribution in [0.5, 0.6) is 0 Å². The normalized spacial score (nSPS) is 41.1. The van der Waals surface area contributed by atoms with Crippen LogP contribution in [0.4, 0.5) is 0 Å². The molecule has 5 atom stereocenters. The van der Waals surface area contributed by atoms with Gasteiger partial charge in [0.25, 0.3) is 0 Å². The topological polar surface area (TPSA) is 90.2 Å². The van der Waals surface area contributed by atoms with E-state index in [2.05, 4.69) is 0 Å². The molecule has 0 unspecified atom stereocenters. The lowest BCUT2D eigenvalue weighted by atomic mass is 9.78. The number of rotatable bonds is 2. The molecule has 1 saturated heterocycles. The molecule has 1 aliphatic rings. The summed E-state index contributed by atoms with van der Waals surface area (Å²) in [5, 5.41) is 38.2. The molecule has 0 radical (unpaired) electrons. The summed E-state index contributed by atoms with van der Waals surface area (Å²) < 4.78 is 5.07. The molecule has 1 rings (SSSR count). The molecule has 1 fully saturated rings. The van der Waals surface area contributed by atoms with Gasteiger partial charge < -0.3 is 25.2 Å². The van der Waals surface area contributed by atoms with Crippen molar-refractivity contribution in [2.24, 2.45) is 11.3 Å². The molecular weight excluding hydrogens is 212 g/mol. The maximum atomic E-state index is 9.87. The molecule has 96 valence electrons. The Kier molecular flexibility index (Phi) is 4.31. The van der Waals surface area contributed by atoms with Crippen LogP contribution in [0.1, 0.15) is 27.2 Å². The Bertz CT molecular complexity index is 225. The van der Waals surface area contributed by atoms with E-state index in [0.29, 0.717) is 6.42 Å². The van der Waals surface area contributed by atoms with Crippen LogP contribution in [0.15, 0.2) is 0 Å². The van der Waals surface area contributed by atoms with Gasteiger partial charge in [-0.15, -0.1) is 0 Å². The fourth-order valence-corrected chi connectivity index (χ4v) is 2.08. The number of aliphatic hydroxyl groups is 4. The van der Waals surface area contributed by atoms with Crippen molar-refractivity contribution in [1.82, 2.24) is 0 Å². The van der Waals surface area contributed by atoms with Crippen LogP contribution in [0, 0.1) is 11.3 Å². The van der Waals surface area contributed by atoms with Gasteiger partial charge in [-0.1, -0.05) is 20.8 Å². The first-order valence-corrected chi connectivity index (χ1v) is 5.57. The van der Waals surface area contributed by atoms with Gasteiger partial charge in [0.1, 0.15) is 12.2 Å². The summed E-state index contributed by atoms with van der Waals surface area (Å²) in [4.78, 5) is 0. The van der Waals surface area contributed by atoms with Crippen molar-refractivity contribution in [2.75, 3.05) is 6.61 Å². The second kappa shape index (κ2) is 4.98. The molecule has 0 aliphatic carbocycles. The summed E-state index contributed by atoms with van der Waals surface area (Å²) in [6.45, 7) is 5.53. The van der Waals surface area contributed by atoms with Gasteiger partial charge in [0.15, 0.2) is 6.29 Å². The van der Waals surface area contributed by atoms with Gasteiger partial charge in [0.2, 0.25) is 0 Å². The minimum absolute atomic E-state index is 0.0816. The summed E-state index contributed by atoms with van der Waals surface area (Å²) >= 11 is 0. The molecule has 1 heterocycles. The number of ether oxygens (including phenoxy) is 1. The van der Waals surface area contributed by atoms with E-state index >= 15 is 0 Å². The molecule has 4 N–H and O–H groups in total. The fourth-order valence-electron chi connectivity index (χ4n) is 2.08. The van der Waals surface area contributed by atoms with E-state index in [1.54, 1.807) is 0 Å². The molecule has 0 aromatic heterocycles. The Balaban J connectivity index is 2.72. The van der Waals surface area contributed by atoms with E-state index in [4.69, 9.17) is 9.84 Å². The zero-order valence-electron chi connectivity index (χ0n) is 10.00. The number of aliphatic hydroxyl groups excluding tert-OH is 4. The predicted octanol–water partition coefficient (Wildman–Crippen LogP) is -0.530. The Morgan fingerprint density at radius 2 is 1.62 bits per heavy atom. The molecule has 5 heteroatoms. The smallest absolute Gasteiger partial charge is 0.160 e. The summed E-state index contributed by atoms with van der Waals surface area (Å²) in [5.41, 5.74) is -0.0816. The Labute approximate surface area is 95.7 Å². The highest BCUT2D eigenvalue weighted by Crippen LogP contribution is 2.34. The lowest BCUT2D eigenvalue weighted by molar-refractivity contribution is -0.274. The second-order valence-corrected chi connectivity index (χ2v) is 5.66. The molecule has 5 nitrogen and oxygen atoms in total.